The van der Waals surface area contributed by atoms with Crippen molar-refractivity contribution in [2.75, 3.05) is 13.7 Å². The predicted octanol–water partition coefficient (Wildman–Crippen LogP) is 2.15. The first-order valence-corrected chi connectivity index (χ1v) is 17.7. The first kappa shape index (κ1) is 38.8. The monoisotopic (exact) mass is 722 g/mol. The number of rotatable bonds is 9. The van der Waals surface area contributed by atoms with Crippen molar-refractivity contribution in [2.45, 2.75) is 135 Å². The smallest absolute Gasteiger partial charge is 0.339 e. The first-order chi connectivity index (χ1) is 23.9. The first-order valence-electron chi connectivity index (χ1n) is 17.7. The number of hydrogen-bond acceptors (Lipinski definition) is 15. The summed E-state index contributed by atoms with van der Waals surface area (Å²) in [5, 5.41) is 12.2. The molecule has 1 saturated heterocycles. The third-order valence-corrected chi connectivity index (χ3v) is 12.5. The highest BCUT2D eigenvalue weighted by atomic mass is 16.7. The second-order valence-corrected chi connectivity index (χ2v) is 15.4. The topological polar surface area (TPSA) is 204 Å². The number of ether oxygens (including phenoxy) is 7. The van der Waals surface area contributed by atoms with Crippen LogP contribution in [0.3, 0.4) is 0 Å². The average Bonchev–Trinajstić information content (AvgIpc) is 3.31. The molecule has 15 heteroatoms. The fourth-order valence-electron chi connectivity index (χ4n) is 10.3. The Morgan fingerprint density at radius 3 is 2.02 bits per heavy atom. The molecule has 0 radical (unpaired) electrons. The zero-order valence-electron chi connectivity index (χ0n) is 30.3. The Morgan fingerprint density at radius 2 is 1.41 bits per heavy atom. The Balaban J connectivity index is 1.36. The molecule has 0 unspecified atom stereocenters. The van der Waals surface area contributed by atoms with E-state index >= 15 is 0 Å². The lowest BCUT2D eigenvalue weighted by Gasteiger charge is -2.60. The van der Waals surface area contributed by atoms with Crippen molar-refractivity contribution in [3.63, 3.8) is 0 Å². The molecule has 0 bridgehead atoms. The molecule has 0 spiro atoms. The van der Waals surface area contributed by atoms with Gasteiger partial charge in [0.2, 0.25) is 0 Å². The van der Waals surface area contributed by atoms with Gasteiger partial charge >= 0.3 is 29.8 Å². The van der Waals surface area contributed by atoms with Crippen molar-refractivity contribution in [1.82, 2.24) is 0 Å². The van der Waals surface area contributed by atoms with Crippen molar-refractivity contribution in [1.29, 1.82) is 0 Å². The van der Waals surface area contributed by atoms with E-state index < -0.39 is 78.0 Å². The van der Waals surface area contributed by atoms with Crippen LogP contribution in [0, 0.1) is 34.5 Å². The van der Waals surface area contributed by atoms with Gasteiger partial charge in [0.05, 0.1) is 7.11 Å². The molecule has 284 valence electrons. The summed E-state index contributed by atoms with van der Waals surface area (Å²) in [6.07, 6.45) is -4.05. The fraction of sp³-hybridized carbons (Fsp3) is 0.806. The predicted molar refractivity (Wildman–Crippen MR) is 171 cm³/mol. The molecule has 5 fully saturated rings. The Hall–Kier alpha value is -3.43. The Kier molecular flexibility index (Phi) is 11.1. The highest BCUT2D eigenvalue weighted by Crippen LogP contribution is 2.67. The van der Waals surface area contributed by atoms with Gasteiger partial charge in [0.1, 0.15) is 24.1 Å². The van der Waals surface area contributed by atoms with E-state index in [1.807, 2.05) is 0 Å². The molecule has 0 aromatic carbocycles. The molecule has 1 aliphatic heterocycles. The van der Waals surface area contributed by atoms with E-state index in [1.165, 1.54) is 6.92 Å². The molecule has 1 heterocycles. The molecule has 0 amide bonds. The number of methoxy groups -OCH3 is 1. The summed E-state index contributed by atoms with van der Waals surface area (Å²) >= 11 is 0. The molecular weight excluding hydrogens is 672 g/mol. The van der Waals surface area contributed by atoms with Crippen LogP contribution in [0.25, 0.3) is 0 Å². The SMILES string of the molecule is COC(=O)[C@@H]1O[C@H](OCC(=O)[C@@]2(O)CC[C@@H]3[C@@H]4CC[C@@H]5C[C@H](OC(C)=O)CC[C@]5(C)[C@H]4C(=O)C[C@]32C)[C@@H](OC(C)=O)[C@H](OC(C)=O)[C@H]1OC(C)=O. The van der Waals surface area contributed by atoms with Gasteiger partial charge in [0, 0.05) is 45.4 Å². The minimum Gasteiger partial charge on any atom is -0.467 e. The molecule has 1 N–H and O–H groups in total. The lowest BCUT2D eigenvalue weighted by molar-refractivity contribution is -0.300. The third kappa shape index (κ3) is 7.05. The van der Waals surface area contributed by atoms with Gasteiger partial charge in [0.15, 0.2) is 36.5 Å². The quantitative estimate of drug-likeness (QED) is 0.268. The normalized spacial score (nSPS) is 41.5. The van der Waals surface area contributed by atoms with E-state index in [1.54, 1.807) is 6.92 Å². The molecule has 5 rings (SSSR count). The largest absolute Gasteiger partial charge is 0.467 e. The van der Waals surface area contributed by atoms with Gasteiger partial charge in [-0.25, -0.2) is 4.79 Å². The molecule has 0 aromatic rings. The number of ketones is 2. The molecule has 13 atom stereocenters. The van der Waals surface area contributed by atoms with Crippen LogP contribution < -0.4 is 0 Å². The van der Waals surface area contributed by atoms with E-state index in [9.17, 15) is 38.7 Å². The molecule has 4 aliphatic carbocycles. The van der Waals surface area contributed by atoms with Crippen LogP contribution in [0.4, 0.5) is 0 Å². The van der Waals surface area contributed by atoms with Gasteiger partial charge in [-0.05, 0) is 68.1 Å². The van der Waals surface area contributed by atoms with Crippen LogP contribution in [-0.2, 0) is 66.7 Å². The van der Waals surface area contributed by atoms with E-state index in [2.05, 4.69) is 6.92 Å². The average molecular weight is 723 g/mol. The maximum atomic E-state index is 14.2. The number of Topliss-reactive ketones (excluding diaryl/α,β-unsaturated/α-hetero) is 2. The maximum Gasteiger partial charge on any atom is 0.339 e. The highest BCUT2D eigenvalue weighted by Gasteiger charge is 2.69. The van der Waals surface area contributed by atoms with Crippen LogP contribution in [0.5, 0.6) is 0 Å². The van der Waals surface area contributed by atoms with Crippen molar-refractivity contribution in [2.24, 2.45) is 34.5 Å². The van der Waals surface area contributed by atoms with Crippen LogP contribution >= 0.6 is 0 Å². The number of carbonyl (C=O) groups is 7. The Bertz CT molecular complexity index is 1440. The van der Waals surface area contributed by atoms with Gasteiger partial charge in [0.25, 0.3) is 0 Å². The summed E-state index contributed by atoms with van der Waals surface area (Å²) < 4.78 is 38.0. The third-order valence-electron chi connectivity index (χ3n) is 12.5. The zero-order chi connectivity index (χ0) is 37.6. The van der Waals surface area contributed by atoms with E-state index in [0.717, 1.165) is 47.1 Å². The summed E-state index contributed by atoms with van der Waals surface area (Å²) in [6.45, 7) is 7.76. The van der Waals surface area contributed by atoms with Crippen molar-refractivity contribution in [3.05, 3.63) is 0 Å². The fourth-order valence-corrected chi connectivity index (χ4v) is 10.3. The second kappa shape index (κ2) is 14.5. The number of carbonyl (C=O) groups excluding carboxylic acids is 7. The van der Waals surface area contributed by atoms with Crippen molar-refractivity contribution < 1.29 is 71.8 Å². The van der Waals surface area contributed by atoms with Crippen LogP contribution in [0.1, 0.15) is 92.9 Å². The summed E-state index contributed by atoms with van der Waals surface area (Å²) in [5.74, 6) is -4.83. The van der Waals surface area contributed by atoms with Crippen LogP contribution in [0.15, 0.2) is 0 Å². The van der Waals surface area contributed by atoms with E-state index in [0.29, 0.717) is 19.3 Å². The molecular formula is C36H50O15. The summed E-state index contributed by atoms with van der Waals surface area (Å²) in [5.41, 5.74) is -3.33. The maximum absolute atomic E-state index is 14.2. The summed E-state index contributed by atoms with van der Waals surface area (Å²) in [6, 6.07) is 0. The van der Waals surface area contributed by atoms with Crippen molar-refractivity contribution in [3.8, 4) is 0 Å². The zero-order valence-corrected chi connectivity index (χ0v) is 30.3. The Morgan fingerprint density at radius 1 is 0.804 bits per heavy atom. The molecule has 5 aliphatic rings. The molecule has 0 aromatic heterocycles. The number of hydrogen-bond donors (Lipinski definition) is 1. The molecule has 15 nitrogen and oxygen atoms in total. The van der Waals surface area contributed by atoms with Gasteiger partial charge in [-0.1, -0.05) is 13.8 Å². The number of aliphatic hydroxyl groups is 1. The lowest BCUT2D eigenvalue weighted by atomic mass is 9.44. The van der Waals surface area contributed by atoms with E-state index in [-0.39, 0.29) is 59.8 Å². The van der Waals surface area contributed by atoms with Gasteiger partial charge < -0.3 is 38.3 Å². The van der Waals surface area contributed by atoms with Gasteiger partial charge in [-0.3, -0.25) is 28.8 Å². The van der Waals surface area contributed by atoms with Crippen molar-refractivity contribution >= 4 is 41.4 Å². The second-order valence-electron chi connectivity index (χ2n) is 15.4. The lowest BCUT2D eigenvalue weighted by Crippen LogP contribution is -2.64. The van der Waals surface area contributed by atoms with Crippen LogP contribution in [0.2, 0.25) is 0 Å². The van der Waals surface area contributed by atoms with Gasteiger partial charge in [-0.2, -0.15) is 0 Å². The molecule has 51 heavy (non-hydrogen) atoms. The van der Waals surface area contributed by atoms with E-state index in [4.69, 9.17) is 33.2 Å². The Labute approximate surface area is 296 Å². The number of fused-ring (bicyclic) bond motifs is 5. The summed E-state index contributed by atoms with van der Waals surface area (Å²) in [4.78, 5) is 89.0. The number of esters is 5. The molecule has 4 saturated carbocycles. The van der Waals surface area contributed by atoms with Gasteiger partial charge in [-0.15, -0.1) is 0 Å². The standard InChI is InChI=1S/C36H50O15/c1-17(37)47-22-10-12-34(5)21(14-22)8-9-23-24-11-13-36(44,35(24,6)15-25(41)27(23)34)26(42)16-46-33-31(50-20(4)40)29(49-19(3)39)28(48-18(2)38)30(51-33)32(43)45-7/h21-24,27-31,33,44H,8-16H2,1-7H3/t21-,22-,23+,24-,27-,28-,29-,30-,31+,33+,34+,35-,36+/m1/s1. The minimum absolute atomic E-state index is 0.00420. The minimum atomic E-state index is -1.95. The van der Waals surface area contributed by atoms with Crippen LogP contribution in [-0.4, -0.2) is 103 Å². The summed E-state index contributed by atoms with van der Waals surface area (Å²) in [7, 11) is 1.05. The highest BCUT2D eigenvalue weighted by molar-refractivity contribution is 5.92.